The van der Waals surface area contributed by atoms with Gasteiger partial charge in [-0.05, 0) is 11.8 Å². The molecule has 0 aliphatic heterocycles. The lowest BCUT2D eigenvalue weighted by atomic mass is 10.5. The van der Waals surface area contributed by atoms with Gasteiger partial charge in [-0.1, -0.05) is 19.6 Å². The van der Waals surface area contributed by atoms with Gasteiger partial charge in [-0.2, -0.15) is 24.9 Å². The van der Waals surface area contributed by atoms with Gasteiger partial charge >= 0.3 is 12.1 Å². The van der Waals surface area contributed by atoms with Gasteiger partial charge in [0.25, 0.3) is 0 Å². The second-order valence-electron chi connectivity index (χ2n) is 4.68. The molecule has 0 heterocycles. The van der Waals surface area contributed by atoms with Gasteiger partial charge in [0.05, 0.1) is 0 Å². The maximum absolute atomic E-state index is 11.8. The van der Waals surface area contributed by atoms with E-state index < -0.39 is 20.2 Å². The van der Waals surface area contributed by atoms with Crippen LogP contribution in [0.25, 0.3) is 0 Å². The largest absolute Gasteiger partial charge is 0.471 e. The first kappa shape index (κ1) is 15.8. The molecule has 0 unspecified atom stereocenters. The summed E-state index contributed by atoms with van der Waals surface area (Å²) in [6.45, 7) is 6.83. The van der Waals surface area contributed by atoms with Gasteiger partial charge in [-0.15, -0.1) is 0 Å². The fraction of sp³-hybridized carbons (Fsp3) is 0.889. The molecule has 0 fully saturated rings. The minimum atomic E-state index is -4.76. The summed E-state index contributed by atoms with van der Waals surface area (Å²) in [5, 5.41) is 1.85. The molecule has 0 spiro atoms. The lowest BCUT2D eigenvalue weighted by Crippen LogP contribution is -2.37. The monoisotopic (exact) mass is 273 g/mol. The number of hydrogen-bond acceptors (Lipinski definition) is 2. The van der Waals surface area contributed by atoms with E-state index in [1.165, 1.54) is 0 Å². The Morgan fingerprint density at radius 2 is 1.81 bits per heavy atom. The lowest BCUT2D eigenvalue weighted by Gasteiger charge is -2.14. The number of alkyl halides is 3. The number of thioether (sulfide) groups is 1. The van der Waals surface area contributed by atoms with Crippen molar-refractivity contribution in [3.63, 3.8) is 0 Å². The first-order valence-corrected chi connectivity index (χ1v) is 9.92. The molecule has 7 heteroatoms. The van der Waals surface area contributed by atoms with Crippen LogP contribution in [0.5, 0.6) is 0 Å². The van der Waals surface area contributed by atoms with Crippen molar-refractivity contribution < 1.29 is 18.0 Å². The highest BCUT2D eigenvalue weighted by atomic mass is 32.2. The number of halogens is 3. The number of nitrogens with one attached hydrogen (secondary N) is 1. The maximum atomic E-state index is 11.8. The topological polar surface area (TPSA) is 29.1 Å². The Hall–Kier alpha value is -0.173. The molecule has 1 amide bonds. The van der Waals surface area contributed by atoms with E-state index in [1.807, 2.05) is 5.32 Å². The second kappa shape index (κ2) is 6.54. The number of hydrogen-bond donors (Lipinski definition) is 1. The molecule has 0 aromatic rings. The molecule has 16 heavy (non-hydrogen) atoms. The summed E-state index contributed by atoms with van der Waals surface area (Å²) >= 11 is 1.59. The minimum absolute atomic E-state index is 0.0781. The fourth-order valence-electron chi connectivity index (χ4n) is 0.817. The summed E-state index contributed by atoms with van der Waals surface area (Å²) in [6, 6.07) is 1.14. The standard InChI is InChI=1S/C9H18F3NOSSi/c1-16(2,3)7-6-15-5-4-13-8(14)9(10,11)12/h4-7H2,1-3H3,(H,13,14). The summed E-state index contributed by atoms with van der Waals surface area (Å²) in [4.78, 5) is 10.4. The highest BCUT2D eigenvalue weighted by molar-refractivity contribution is 7.99. The van der Waals surface area contributed by atoms with Gasteiger partial charge in [-0.25, -0.2) is 0 Å². The fourth-order valence-corrected chi connectivity index (χ4v) is 4.29. The van der Waals surface area contributed by atoms with E-state index in [0.717, 1.165) is 11.8 Å². The summed E-state index contributed by atoms with van der Waals surface area (Å²) < 4.78 is 35.3. The van der Waals surface area contributed by atoms with Gasteiger partial charge in [0.2, 0.25) is 0 Å². The summed E-state index contributed by atoms with van der Waals surface area (Å²) in [6.07, 6.45) is -4.76. The Labute approximate surface area is 99.4 Å². The average molecular weight is 273 g/mol. The van der Waals surface area contributed by atoms with Crippen molar-refractivity contribution in [1.82, 2.24) is 5.32 Å². The van der Waals surface area contributed by atoms with E-state index >= 15 is 0 Å². The van der Waals surface area contributed by atoms with Gasteiger partial charge in [0.1, 0.15) is 0 Å². The number of amides is 1. The molecule has 0 rings (SSSR count). The van der Waals surface area contributed by atoms with Crippen LogP contribution < -0.4 is 5.32 Å². The highest BCUT2D eigenvalue weighted by Crippen LogP contribution is 2.15. The normalized spacial score (nSPS) is 12.6. The average Bonchev–Trinajstić information content (AvgIpc) is 2.07. The minimum Gasteiger partial charge on any atom is -0.347 e. The Bertz CT molecular complexity index is 228. The zero-order valence-corrected chi connectivity index (χ0v) is 11.6. The van der Waals surface area contributed by atoms with E-state index in [-0.39, 0.29) is 6.54 Å². The lowest BCUT2D eigenvalue weighted by molar-refractivity contribution is -0.173. The zero-order valence-electron chi connectivity index (χ0n) is 9.78. The van der Waals surface area contributed by atoms with Crippen LogP contribution in [0.1, 0.15) is 0 Å². The Morgan fingerprint density at radius 1 is 1.25 bits per heavy atom. The van der Waals surface area contributed by atoms with Gasteiger partial charge in [0, 0.05) is 20.4 Å². The van der Waals surface area contributed by atoms with E-state index in [1.54, 1.807) is 11.8 Å². The van der Waals surface area contributed by atoms with Crippen molar-refractivity contribution in [1.29, 1.82) is 0 Å². The van der Waals surface area contributed by atoms with E-state index in [9.17, 15) is 18.0 Å². The van der Waals surface area contributed by atoms with Crippen LogP contribution in [0.4, 0.5) is 13.2 Å². The predicted molar refractivity (Wildman–Crippen MR) is 64.5 cm³/mol. The van der Waals surface area contributed by atoms with Crippen molar-refractivity contribution in [2.75, 3.05) is 18.1 Å². The quantitative estimate of drug-likeness (QED) is 0.595. The molecule has 2 nitrogen and oxygen atoms in total. The second-order valence-corrected chi connectivity index (χ2v) is 11.5. The molecule has 0 aliphatic carbocycles. The predicted octanol–water partition coefficient (Wildman–Crippen LogP) is 2.74. The molecule has 0 atom stereocenters. The zero-order chi connectivity index (χ0) is 12.8. The molecule has 1 N–H and O–H groups in total. The van der Waals surface area contributed by atoms with Crippen LogP contribution in [-0.2, 0) is 4.79 Å². The van der Waals surface area contributed by atoms with Crippen LogP contribution in [0.2, 0.25) is 25.7 Å². The molecule has 0 radical (unpaired) electrons. The molecule has 0 saturated carbocycles. The van der Waals surface area contributed by atoms with Crippen LogP contribution in [-0.4, -0.2) is 38.2 Å². The third kappa shape index (κ3) is 9.08. The molecule has 0 saturated heterocycles. The number of carbonyl (C=O) groups is 1. The molecular formula is C9H18F3NOSSi. The van der Waals surface area contributed by atoms with Crippen molar-refractivity contribution in [3.05, 3.63) is 0 Å². The molecule has 96 valence electrons. The molecule has 0 bridgehead atoms. The van der Waals surface area contributed by atoms with Crippen molar-refractivity contribution in [2.45, 2.75) is 31.9 Å². The van der Waals surface area contributed by atoms with Crippen LogP contribution in [0.3, 0.4) is 0 Å². The van der Waals surface area contributed by atoms with E-state index in [4.69, 9.17) is 0 Å². The maximum Gasteiger partial charge on any atom is 0.471 e. The van der Waals surface area contributed by atoms with Crippen molar-refractivity contribution in [2.24, 2.45) is 0 Å². The number of rotatable bonds is 6. The Morgan fingerprint density at radius 3 is 2.25 bits per heavy atom. The SMILES string of the molecule is C[Si](C)(C)CCSCCNC(=O)C(F)(F)F. The summed E-state index contributed by atoms with van der Waals surface area (Å²) in [7, 11) is -1.06. The summed E-state index contributed by atoms with van der Waals surface area (Å²) in [5.74, 6) is -0.359. The first-order valence-electron chi connectivity index (χ1n) is 5.06. The summed E-state index contributed by atoms with van der Waals surface area (Å²) in [5.41, 5.74) is 0. The van der Waals surface area contributed by atoms with Crippen LogP contribution >= 0.6 is 11.8 Å². The Kier molecular flexibility index (Phi) is 6.46. The van der Waals surface area contributed by atoms with Crippen molar-refractivity contribution in [3.8, 4) is 0 Å². The smallest absolute Gasteiger partial charge is 0.347 e. The van der Waals surface area contributed by atoms with Gasteiger partial charge in [0.15, 0.2) is 0 Å². The van der Waals surface area contributed by atoms with Crippen LogP contribution in [0, 0.1) is 0 Å². The molecule has 0 aliphatic rings. The van der Waals surface area contributed by atoms with E-state index in [0.29, 0.717) is 5.75 Å². The van der Waals surface area contributed by atoms with Gasteiger partial charge < -0.3 is 5.32 Å². The molecular weight excluding hydrogens is 255 g/mol. The van der Waals surface area contributed by atoms with E-state index in [2.05, 4.69) is 19.6 Å². The Balaban J connectivity index is 3.45. The highest BCUT2D eigenvalue weighted by Gasteiger charge is 2.38. The van der Waals surface area contributed by atoms with Gasteiger partial charge in [-0.3, -0.25) is 4.79 Å². The molecule has 0 aromatic carbocycles. The number of carbonyl (C=O) groups excluding carboxylic acids is 1. The molecule has 0 aromatic heterocycles. The third-order valence-corrected chi connectivity index (χ3v) is 4.88. The van der Waals surface area contributed by atoms with Crippen molar-refractivity contribution >= 4 is 25.7 Å². The first-order chi connectivity index (χ1) is 7.13. The van der Waals surface area contributed by atoms with Crippen LogP contribution in [0.15, 0.2) is 0 Å². The third-order valence-electron chi connectivity index (χ3n) is 1.79.